The second-order valence-corrected chi connectivity index (χ2v) is 5.43. The van der Waals surface area contributed by atoms with E-state index in [-0.39, 0.29) is 0 Å². The van der Waals surface area contributed by atoms with E-state index in [0.717, 1.165) is 6.54 Å². The maximum absolute atomic E-state index is 5.53. The third-order valence-electron chi connectivity index (χ3n) is 3.08. The number of rotatable bonds is 3. The third kappa shape index (κ3) is 2.94. The summed E-state index contributed by atoms with van der Waals surface area (Å²) in [4.78, 5) is 2.49. The predicted molar refractivity (Wildman–Crippen MR) is 75.1 cm³/mol. The summed E-state index contributed by atoms with van der Waals surface area (Å²) in [5.41, 5.74) is 4.27. The first-order valence-electron chi connectivity index (χ1n) is 5.70. The van der Waals surface area contributed by atoms with E-state index in [0.29, 0.717) is 10.1 Å². The second kappa shape index (κ2) is 5.95. The Morgan fingerprint density at radius 1 is 1.38 bits per heavy atom. The fourth-order valence-electron chi connectivity index (χ4n) is 2.17. The molecule has 1 aromatic carbocycles. The number of hydrazine groups is 1. The molecule has 0 spiro atoms. The van der Waals surface area contributed by atoms with Crippen molar-refractivity contribution in [2.24, 2.45) is 5.84 Å². The number of nitrogens with one attached hydrogen (secondary N) is 1. The van der Waals surface area contributed by atoms with Crippen molar-refractivity contribution in [1.82, 2.24) is 10.3 Å². The van der Waals surface area contributed by atoms with Gasteiger partial charge < -0.3 is 0 Å². The number of hydrogen-bond donors (Lipinski definition) is 2. The molecule has 0 aliphatic carbocycles. The normalized spacial score (nSPS) is 24.2. The Bertz CT molecular complexity index is 317. The molecule has 1 aliphatic rings. The van der Waals surface area contributed by atoms with Crippen LogP contribution >= 0.6 is 22.6 Å². The van der Waals surface area contributed by atoms with Crippen molar-refractivity contribution in [3.8, 4) is 0 Å². The van der Waals surface area contributed by atoms with Gasteiger partial charge in [0.2, 0.25) is 0 Å². The molecule has 1 saturated heterocycles. The lowest BCUT2D eigenvalue weighted by Gasteiger charge is -2.35. The number of likely N-dealkylation sites (tertiary alicyclic amines) is 1. The van der Waals surface area contributed by atoms with E-state index in [1.807, 2.05) is 0 Å². The molecular weight excluding hydrogens is 313 g/mol. The number of nitrogens with zero attached hydrogens (tertiary/aromatic N) is 1. The maximum Gasteiger partial charge on any atom is 0.0874 e. The highest BCUT2D eigenvalue weighted by Crippen LogP contribution is 2.29. The molecule has 1 aliphatic heterocycles. The SMILES string of the molecule is NNC1CCCN(C(I)c2ccccc2)C1. The van der Waals surface area contributed by atoms with E-state index in [1.54, 1.807) is 0 Å². The minimum Gasteiger partial charge on any atom is -0.286 e. The Kier molecular flexibility index (Phi) is 4.57. The first-order chi connectivity index (χ1) is 7.81. The number of hydrogen-bond acceptors (Lipinski definition) is 3. The zero-order valence-corrected chi connectivity index (χ0v) is 11.4. The van der Waals surface area contributed by atoms with Gasteiger partial charge in [0.05, 0.1) is 4.05 Å². The van der Waals surface area contributed by atoms with Crippen LogP contribution in [-0.2, 0) is 0 Å². The minimum atomic E-state index is 0.440. The first-order valence-corrected chi connectivity index (χ1v) is 6.95. The van der Waals surface area contributed by atoms with Crippen LogP contribution in [0.25, 0.3) is 0 Å². The van der Waals surface area contributed by atoms with Crippen LogP contribution in [0.1, 0.15) is 22.5 Å². The van der Waals surface area contributed by atoms with E-state index in [4.69, 9.17) is 5.84 Å². The van der Waals surface area contributed by atoms with Crippen LogP contribution in [0.15, 0.2) is 30.3 Å². The molecule has 88 valence electrons. The van der Waals surface area contributed by atoms with Gasteiger partial charge in [0.1, 0.15) is 0 Å². The highest BCUT2D eigenvalue weighted by molar-refractivity contribution is 14.1. The lowest BCUT2D eigenvalue weighted by atomic mass is 10.1. The number of halogens is 1. The Hall–Kier alpha value is -0.170. The lowest BCUT2D eigenvalue weighted by Crippen LogP contribution is -2.48. The zero-order valence-electron chi connectivity index (χ0n) is 9.27. The van der Waals surface area contributed by atoms with Gasteiger partial charge in [-0.1, -0.05) is 52.9 Å². The van der Waals surface area contributed by atoms with Gasteiger partial charge in [-0.3, -0.25) is 16.2 Å². The van der Waals surface area contributed by atoms with Crippen LogP contribution in [0.5, 0.6) is 0 Å². The number of alkyl halides is 1. The molecule has 2 atom stereocenters. The Balaban J connectivity index is 2.01. The summed E-state index contributed by atoms with van der Waals surface area (Å²) in [7, 11) is 0. The smallest absolute Gasteiger partial charge is 0.0874 e. The third-order valence-corrected chi connectivity index (χ3v) is 4.59. The van der Waals surface area contributed by atoms with Crippen LogP contribution in [0.2, 0.25) is 0 Å². The van der Waals surface area contributed by atoms with E-state index in [2.05, 4.69) is 63.2 Å². The fraction of sp³-hybridized carbons (Fsp3) is 0.500. The largest absolute Gasteiger partial charge is 0.286 e. The van der Waals surface area contributed by atoms with Crippen molar-refractivity contribution in [3.63, 3.8) is 0 Å². The molecule has 0 amide bonds. The van der Waals surface area contributed by atoms with Crippen molar-refractivity contribution in [1.29, 1.82) is 0 Å². The molecule has 3 nitrogen and oxygen atoms in total. The monoisotopic (exact) mass is 331 g/mol. The van der Waals surface area contributed by atoms with Gasteiger partial charge in [-0.05, 0) is 24.9 Å². The summed E-state index contributed by atoms with van der Waals surface area (Å²) in [5.74, 6) is 5.53. The Morgan fingerprint density at radius 3 is 2.81 bits per heavy atom. The van der Waals surface area contributed by atoms with Crippen molar-refractivity contribution < 1.29 is 0 Å². The molecule has 1 heterocycles. The van der Waals surface area contributed by atoms with Crippen LogP contribution < -0.4 is 11.3 Å². The van der Waals surface area contributed by atoms with Crippen molar-refractivity contribution in [2.75, 3.05) is 13.1 Å². The second-order valence-electron chi connectivity index (χ2n) is 4.25. The lowest BCUT2D eigenvalue weighted by molar-refractivity contribution is 0.186. The van der Waals surface area contributed by atoms with Gasteiger partial charge in [-0.2, -0.15) is 0 Å². The van der Waals surface area contributed by atoms with E-state index in [1.165, 1.54) is 24.9 Å². The molecule has 0 radical (unpaired) electrons. The summed E-state index contributed by atoms with van der Waals surface area (Å²) in [6.45, 7) is 2.21. The fourth-order valence-corrected chi connectivity index (χ4v) is 3.09. The molecule has 2 rings (SSSR count). The molecule has 0 aromatic heterocycles. The van der Waals surface area contributed by atoms with Gasteiger partial charge >= 0.3 is 0 Å². The summed E-state index contributed by atoms with van der Waals surface area (Å²) in [6.07, 6.45) is 2.41. The van der Waals surface area contributed by atoms with E-state index < -0.39 is 0 Å². The van der Waals surface area contributed by atoms with Crippen LogP contribution in [0.3, 0.4) is 0 Å². The van der Waals surface area contributed by atoms with Gasteiger partial charge in [-0.15, -0.1) is 0 Å². The Morgan fingerprint density at radius 2 is 2.12 bits per heavy atom. The van der Waals surface area contributed by atoms with Crippen LogP contribution in [0, 0.1) is 0 Å². The molecule has 2 unspecified atom stereocenters. The number of benzene rings is 1. The standard InChI is InChI=1S/C12H18IN3/c13-12(10-5-2-1-3-6-10)16-8-4-7-11(9-16)15-14/h1-3,5-6,11-12,15H,4,7-9,14H2. The van der Waals surface area contributed by atoms with Gasteiger partial charge in [0.25, 0.3) is 0 Å². The summed E-state index contributed by atoms with van der Waals surface area (Å²) < 4.78 is 0.454. The average molecular weight is 331 g/mol. The first kappa shape index (κ1) is 12.3. The van der Waals surface area contributed by atoms with E-state index in [9.17, 15) is 0 Å². The minimum absolute atomic E-state index is 0.440. The molecule has 16 heavy (non-hydrogen) atoms. The molecular formula is C12H18IN3. The highest BCUT2D eigenvalue weighted by Gasteiger charge is 2.24. The zero-order chi connectivity index (χ0) is 11.4. The topological polar surface area (TPSA) is 41.3 Å². The van der Waals surface area contributed by atoms with Gasteiger partial charge in [-0.25, -0.2) is 0 Å². The summed E-state index contributed by atoms with van der Waals surface area (Å²) in [6, 6.07) is 11.1. The number of piperidine rings is 1. The van der Waals surface area contributed by atoms with Crippen LogP contribution in [0.4, 0.5) is 0 Å². The van der Waals surface area contributed by atoms with Crippen LogP contribution in [-0.4, -0.2) is 24.0 Å². The van der Waals surface area contributed by atoms with Crippen molar-refractivity contribution >= 4 is 22.6 Å². The quantitative estimate of drug-likeness (QED) is 0.293. The summed E-state index contributed by atoms with van der Waals surface area (Å²) >= 11 is 2.51. The molecule has 0 bridgehead atoms. The van der Waals surface area contributed by atoms with E-state index >= 15 is 0 Å². The van der Waals surface area contributed by atoms with Gasteiger partial charge in [0, 0.05) is 12.6 Å². The highest BCUT2D eigenvalue weighted by atomic mass is 127. The molecule has 1 aromatic rings. The molecule has 1 fully saturated rings. The van der Waals surface area contributed by atoms with Gasteiger partial charge in [0.15, 0.2) is 0 Å². The number of nitrogens with two attached hydrogens (primary N) is 1. The molecule has 0 saturated carbocycles. The molecule has 4 heteroatoms. The maximum atomic E-state index is 5.53. The Labute approximate surface area is 110 Å². The van der Waals surface area contributed by atoms with Crippen molar-refractivity contribution in [3.05, 3.63) is 35.9 Å². The predicted octanol–water partition coefficient (Wildman–Crippen LogP) is 2.05. The van der Waals surface area contributed by atoms with Crippen molar-refractivity contribution in [2.45, 2.75) is 22.9 Å². The molecule has 3 N–H and O–H groups in total. The average Bonchev–Trinajstić information content (AvgIpc) is 2.39. The summed E-state index contributed by atoms with van der Waals surface area (Å²) in [5, 5.41) is 0.